The van der Waals surface area contributed by atoms with E-state index in [0.29, 0.717) is 13.0 Å². The van der Waals surface area contributed by atoms with Gasteiger partial charge in [-0.2, -0.15) is 0 Å². The van der Waals surface area contributed by atoms with E-state index < -0.39 is 0 Å². The van der Waals surface area contributed by atoms with Crippen molar-refractivity contribution in [3.05, 3.63) is 35.9 Å². The average molecular weight is 232 g/mol. The molecule has 3 heteroatoms. The van der Waals surface area contributed by atoms with E-state index in [1.807, 2.05) is 23.1 Å². The minimum Gasteiger partial charge on any atom is -0.332 e. The van der Waals surface area contributed by atoms with Gasteiger partial charge >= 0.3 is 0 Å². The summed E-state index contributed by atoms with van der Waals surface area (Å²) in [6.45, 7) is 6.58. The quantitative estimate of drug-likeness (QED) is 0.843. The first-order valence-corrected chi connectivity index (χ1v) is 6.15. The zero-order valence-corrected chi connectivity index (χ0v) is 10.6. The molecule has 92 valence electrons. The van der Waals surface area contributed by atoms with E-state index in [9.17, 15) is 4.79 Å². The molecule has 1 N–H and O–H groups in total. The van der Waals surface area contributed by atoms with Crippen molar-refractivity contribution in [2.24, 2.45) is 0 Å². The molecule has 0 spiro atoms. The van der Waals surface area contributed by atoms with Gasteiger partial charge in [0, 0.05) is 26.1 Å². The standard InChI is InChI=1S/C14H20N2O/c1-14(2)11-15-9-8-13(17)16(14)10-12-6-4-3-5-7-12/h3-7,15H,8-11H2,1-2H3. The van der Waals surface area contributed by atoms with Crippen molar-refractivity contribution in [3.8, 4) is 0 Å². The van der Waals surface area contributed by atoms with Crippen LogP contribution in [0.3, 0.4) is 0 Å². The van der Waals surface area contributed by atoms with E-state index in [4.69, 9.17) is 0 Å². The third-order valence-electron chi connectivity index (χ3n) is 3.29. The Morgan fingerprint density at radius 1 is 1.29 bits per heavy atom. The number of amides is 1. The lowest BCUT2D eigenvalue weighted by molar-refractivity contribution is -0.135. The Hall–Kier alpha value is -1.35. The zero-order valence-electron chi connectivity index (χ0n) is 10.6. The molecule has 0 aromatic heterocycles. The summed E-state index contributed by atoms with van der Waals surface area (Å²) in [6.07, 6.45) is 0.594. The minimum atomic E-state index is -0.122. The second kappa shape index (κ2) is 4.88. The molecule has 0 bridgehead atoms. The van der Waals surface area contributed by atoms with Gasteiger partial charge in [-0.05, 0) is 19.4 Å². The third-order valence-corrected chi connectivity index (χ3v) is 3.29. The van der Waals surface area contributed by atoms with Crippen LogP contribution in [0.1, 0.15) is 25.8 Å². The normalized spacial score (nSPS) is 20.1. The number of benzene rings is 1. The smallest absolute Gasteiger partial charge is 0.224 e. The summed E-state index contributed by atoms with van der Waals surface area (Å²) in [5.74, 6) is 0.240. The number of nitrogens with zero attached hydrogens (tertiary/aromatic N) is 1. The molecule has 0 saturated carbocycles. The van der Waals surface area contributed by atoms with E-state index in [2.05, 4.69) is 31.3 Å². The highest BCUT2D eigenvalue weighted by molar-refractivity contribution is 5.77. The number of hydrogen-bond donors (Lipinski definition) is 1. The average Bonchev–Trinajstić information content (AvgIpc) is 2.43. The lowest BCUT2D eigenvalue weighted by Crippen LogP contribution is -2.50. The summed E-state index contributed by atoms with van der Waals surface area (Å²) < 4.78 is 0. The van der Waals surface area contributed by atoms with Crippen molar-refractivity contribution in [2.75, 3.05) is 13.1 Å². The molecule has 0 atom stereocenters. The fourth-order valence-corrected chi connectivity index (χ4v) is 2.23. The fraction of sp³-hybridized carbons (Fsp3) is 0.500. The van der Waals surface area contributed by atoms with Gasteiger partial charge < -0.3 is 10.2 Å². The summed E-state index contributed by atoms with van der Waals surface area (Å²) in [5.41, 5.74) is 1.07. The van der Waals surface area contributed by atoms with Gasteiger partial charge in [0.05, 0.1) is 5.54 Å². The highest BCUT2D eigenvalue weighted by Gasteiger charge is 2.32. The molecule has 1 aliphatic rings. The van der Waals surface area contributed by atoms with Crippen molar-refractivity contribution in [3.63, 3.8) is 0 Å². The van der Waals surface area contributed by atoms with Crippen molar-refractivity contribution in [1.29, 1.82) is 0 Å². The molecule has 17 heavy (non-hydrogen) atoms. The van der Waals surface area contributed by atoms with Crippen molar-refractivity contribution in [1.82, 2.24) is 10.2 Å². The van der Waals surface area contributed by atoms with Crippen molar-refractivity contribution < 1.29 is 4.79 Å². The maximum Gasteiger partial charge on any atom is 0.224 e. The van der Waals surface area contributed by atoms with Crippen LogP contribution in [0, 0.1) is 0 Å². The fourth-order valence-electron chi connectivity index (χ4n) is 2.23. The van der Waals surface area contributed by atoms with Gasteiger partial charge in [0.15, 0.2) is 0 Å². The Bertz CT molecular complexity index is 386. The first-order valence-electron chi connectivity index (χ1n) is 6.15. The Labute approximate surface area is 103 Å². The van der Waals surface area contributed by atoms with Crippen LogP contribution in [0.5, 0.6) is 0 Å². The maximum absolute atomic E-state index is 12.1. The summed E-state index contributed by atoms with van der Waals surface area (Å²) in [7, 11) is 0. The predicted octanol–water partition coefficient (Wildman–Crippen LogP) is 1.79. The van der Waals surface area contributed by atoms with Gasteiger partial charge in [-0.25, -0.2) is 0 Å². The van der Waals surface area contributed by atoms with Crippen LogP contribution < -0.4 is 5.32 Å². The first-order chi connectivity index (χ1) is 8.09. The van der Waals surface area contributed by atoms with E-state index in [1.54, 1.807) is 0 Å². The molecule has 0 unspecified atom stereocenters. The second-order valence-electron chi connectivity index (χ2n) is 5.20. The Kier molecular flexibility index (Phi) is 3.48. The van der Waals surface area contributed by atoms with Crippen molar-refractivity contribution >= 4 is 5.91 Å². The third kappa shape index (κ3) is 2.86. The van der Waals surface area contributed by atoms with Gasteiger partial charge in [-0.3, -0.25) is 4.79 Å². The van der Waals surface area contributed by atoms with E-state index in [-0.39, 0.29) is 11.4 Å². The largest absolute Gasteiger partial charge is 0.332 e. The molecule has 1 saturated heterocycles. The molecule has 1 heterocycles. The molecular formula is C14H20N2O. The topological polar surface area (TPSA) is 32.3 Å². The highest BCUT2D eigenvalue weighted by atomic mass is 16.2. The summed E-state index contributed by atoms with van der Waals surface area (Å²) in [6, 6.07) is 10.2. The molecule has 3 nitrogen and oxygen atoms in total. The van der Waals surface area contributed by atoms with Crippen LogP contribution in [0.25, 0.3) is 0 Å². The first kappa shape index (κ1) is 12.1. The van der Waals surface area contributed by atoms with Gasteiger partial charge in [-0.1, -0.05) is 30.3 Å². The molecule has 2 rings (SSSR count). The predicted molar refractivity (Wildman–Crippen MR) is 68.6 cm³/mol. The number of nitrogens with one attached hydrogen (secondary N) is 1. The molecule has 1 aromatic carbocycles. The van der Waals surface area contributed by atoms with E-state index >= 15 is 0 Å². The van der Waals surface area contributed by atoms with E-state index in [0.717, 1.165) is 13.1 Å². The van der Waals surface area contributed by atoms with Gasteiger partial charge in [-0.15, -0.1) is 0 Å². The van der Waals surface area contributed by atoms with Crippen molar-refractivity contribution in [2.45, 2.75) is 32.4 Å². The van der Waals surface area contributed by atoms with Crippen LogP contribution in [-0.2, 0) is 11.3 Å². The van der Waals surface area contributed by atoms with Gasteiger partial charge in [0.1, 0.15) is 0 Å². The molecule has 1 amide bonds. The van der Waals surface area contributed by atoms with Gasteiger partial charge in [0.2, 0.25) is 5.91 Å². The Morgan fingerprint density at radius 2 is 2.00 bits per heavy atom. The second-order valence-corrected chi connectivity index (χ2v) is 5.20. The molecule has 0 radical (unpaired) electrons. The molecule has 1 aromatic rings. The molecular weight excluding hydrogens is 212 g/mol. The van der Waals surface area contributed by atoms with Gasteiger partial charge in [0.25, 0.3) is 0 Å². The van der Waals surface area contributed by atoms with Crippen LogP contribution in [0.4, 0.5) is 0 Å². The maximum atomic E-state index is 12.1. The SMILES string of the molecule is CC1(C)CNCCC(=O)N1Cc1ccccc1. The van der Waals surface area contributed by atoms with Crippen LogP contribution in [-0.4, -0.2) is 29.4 Å². The zero-order chi connectivity index (χ0) is 12.3. The van der Waals surface area contributed by atoms with Crippen LogP contribution >= 0.6 is 0 Å². The number of carbonyl (C=O) groups is 1. The van der Waals surface area contributed by atoms with Crippen LogP contribution in [0.15, 0.2) is 30.3 Å². The summed E-state index contributed by atoms with van der Waals surface area (Å²) in [4.78, 5) is 14.1. The summed E-state index contributed by atoms with van der Waals surface area (Å²) in [5, 5.41) is 3.32. The Balaban J connectivity index is 2.18. The minimum absolute atomic E-state index is 0.122. The van der Waals surface area contributed by atoms with Crippen LogP contribution in [0.2, 0.25) is 0 Å². The highest BCUT2D eigenvalue weighted by Crippen LogP contribution is 2.20. The molecule has 0 aliphatic carbocycles. The summed E-state index contributed by atoms with van der Waals surface area (Å²) >= 11 is 0. The number of hydrogen-bond acceptors (Lipinski definition) is 2. The Morgan fingerprint density at radius 3 is 2.71 bits per heavy atom. The molecule has 1 aliphatic heterocycles. The lowest BCUT2D eigenvalue weighted by Gasteiger charge is -2.37. The monoisotopic (exact) mass is 232 g/mol. The molecule has 1 fully saturated rings. The van der Waals surface area contributed by atoms with E-state index in [1.165, 1.54) is 5.56 Å². The lowest BCUT2D eigenvalue weighted by atomic mass is 10.0. The number of carbonyl (C=O) groups excluding carboxylic acids is 1. The number of rotatable bonds is 2.